The van der Waals surface area contributed by atoms with Crippen molar-refractivity contribution < 1.29 is 4.79 Å². The minimum atomic E-state index is -0.0557. The maximum Gasteiger partial charge on any atom is 0.212 e. The highest BCUT2D eigenvalue weighted by atomic mass is 16.1. The summed E-state index contributed by atoms with van der Waals surface area (Å²) < 4.78 is 1.68. The van der Waals surface area contributed by atoms with E-state index in [1.54, 1.807) is 29.9 Å². The van der Waals surface area contributed by atoms with E-state index in [0.29, 0.717) is 23.5 Å². The molecule has 17 heavy (non-hydrogen) atoms. The van der Waals surface area contributed by atoms with E-state index in [2.05, 4.69) is 15.3 Å². The zero-order valence-electron chi connectivity index (χ0n) is 10.1. The number of rotatable bonds is 3. The Bertz CT molecular complexity index is 559. The van der Waals surface area contributed by atoms with Gasteiger partial charge in [-0.05, 0) is 32.9 Å². The van der Waals surface area contributed by atoms with Gasteiger partial charge in [0.05, 0.1) is 11.4 Å². The molecule has 2 heterocycles. The fraction of sp³-hybridized carbons (Fsp3) is 0.333. The van der Waals surface area contributed by atoms with Crippen LogP contribution >= 0.6 is 0 Å². The Kier molecular flexibility index (Phi) is 2.99. The maximum atomic E-state index is 12.3. The normalized spacial score (nSPS) is 10.5. The van der Waals surface area contributed by atoms with Gasteiger partial charge in [-0.1, -0.05) is 0 Å². The third-order valence-corrected chi connectivity index (χ3v) is 2.59. The second kappa shape index (κ2) is 4.45. The molecule has 2 rings (SSSR count). The third-order valence-electron chi connectivity index (χ3n) is 2.59. The molecular formula is C12H14N4O. The van der Waals surface area contributed by atoms with E-state index in [4.69, 9.17) is 0 Å². The van der Waals surface area contributed by atoms with Crippen LogP contribution in [-0.4, -0.2) is 25.8 Å². The predicted octanol–water partition coefficient (Wildman–Crippen LogP) is 1.54. The molecule has 0 unspecified atom stereocenters. The van der Waals surface area contributed by atoms with Gasteiger partial charge in [0.2, 0.25) is 5.78 Å². The molecule has 2 aromatic heterocycles. The lowest BCUT2D eigenvalue weighted by Gasteiger charge is -2.06. The van der Waals surface area contributed by atoms with Crippen molar-refractivity contribution in [3.8, 4) is 0 Å². The summed E-state index contributed by atoms with van der Waals surface area (Å²) in [5.41, 5.74) is 2.56. The molecule has 0 N–H and O–H groups in total. The fourth-order valence-corrected chi connectivity index (χ4v) is 1.70. The van der Waals surface area contributed by atoms with Crippen LogP contribution in [0.4, 0.5) is 0 Å². The zero-order valence-corrected chi connectivity index (χ0v) is 10.1. The van der Waals surface area contributed by atoms with Gasteiger partial charge in [-0.2, -0.15) is 15.3 Å². The van der Waals surface area contributed by atoms with Crippen LogP contribution in [0.2, 0.25) is 0 Å². The molecular weight excluding hydrogens is 216 g/mol. The Hall–Kier alpha value is -2.04. The lowest BCUT2D eigenvalue weighted by atomic mass is 10.1. The highest BCUT2D eigenvalue weighted by Gasteiger charge is 2.17. The van der Waals surface area contributed by atoms with Crippen molar-refractivity contribution in [3.05, 3.63) is 41.0 Å². The van der Waals surface area contributed by atoms with Crippen LogP contribution in [0.3, 0.4) is 0 Å². The van der Waals surface area contributed by atoms with Gasteiger partial charge in [0.25, 0.3) is 0 Å². The highest BCUT2D eigenvalue weighted by molar-refractivity contribution is 6.08. The number of nitrogens with zero attached hydrogens (tertiary/aromatic N) is 4. The molecule has 2 aromatic rings. The van der Waals surface area contributed by atoms with Crippen molar-refractivity contribution in [2.24, 2.45) is 0 Å². The third kappa shape index (κ3) is 2.08. The van der Waals surface area contributed by atoms with E-state index in [9.17, 15) is 4.79 Å². The first-order valence-corrected chi connectivity index (χ1v) is 5.51. The molecule has 0 spiro atoms. The van der Waals surface area contributed by atoms with Crippen molar-refractivity contribution in [2.45, 2.75) is 27.3 Å². The van der Waals surface area contributed by atoms with Gasteiger partial charge in [0.15, 0.2) is 0 Å². The minimum Gasteiger partial charge on any atom is -0.287 e. The first-order chi connectivity index (χ1) is 8.13. The summed E-state index contributed by atoms with van der Waals surface area (Å²) in [6.45, 7) is 6.23. The minimum absolute atomic E-state index is 0.0557. The van der Waals surface area contributed by atoms with E-state index in [1.807, 2.05) is 13.8 Å². The number of aryl methyl sites for hydroxylation is 3. The number of carbonyl (C=O) groups excluding carboxylic acids is 1. The number of ketones is 1. The predicted molar refractivity (Wildman–Crippen MR) is 62.8 cm³/mol. The SMILES string of the molecule is CCn1nccc1C(=O)c1cc(C)nnc1C. The summed E-state index contributed by atoms with van der Waals surface area (Å²) in [7, 11) is 0. The van der Waals surface area contributed by atoms with Crippen molar-refractivity contribution in [1.82, 2.24) is 20.0 Å². The van der Waals surface area contributed by atoms with Crippen LogP contribution in [0.25, 0.3) is 0 Å². The van der Waals surface area contributed by atoms with Crippen molar-refractivity contribution >= 4 is 5.78 Å². The van der Waals surface area contributed by atoms with Gasteiger partial charge in [0, 0.05) is 18.3 Å². The van der Waals surface area contributed by atoms with Gasteiger partial charge < -0.3 is 0 Å². The molecule has 0 aliphatic heterocycles. The van der Waals surface area contributed by atoms with Crippen molar-refractivity contribution in [1.29, 1.82) is 0 Å². The van der Waals surface area contributed by atoms with Gasteiger partial charge >= 0.3 is 0 Å². The molecule has 0 aliphatic rings. The van der Waals surface area contributed by atoms with Gasteiger partial charge in [0.1, 0.15) is 5.69 Å². The molecule has 0 atom stereocenters. The Morgan fingerprint density at radius 2 is 2.12 bits per heavy atom. The molecule has 0 aliphatic carbocycles. The number of hydrogen-bond acceptors (Lipinski definition) is 4. The Labute approximate surface area is 99.5 Å². The van der Waals surface area contributed by atoms with E-state index in [0.717, 1.165) is 5.69 Å². The number of hydrogen-bond donors (Lipinski definition) is 0. The van der Waals surface area contributed by atoms with E-state index in [1.165, 1.54) is 0 Å². The summed E-state index contributed by atoms with van der Waals surface area (Å²) in [4.78, 5) is 12.3. The highest BCUT2D eigenvalue weighted by Crippen LogP contribution is 2.12. The number of carbonyl (C=O) groups is 1. The standard InChI is InChI=1S/C12H14N4O/c1-4-16-11(5-6-13-16)12(17)10-7-8(2)14-15-9(10)3/h5-7H,4H2,1-3H3. The first-order valence-electron chi connectivity index (χ1n) is 5.51. The zero-order chi connectivity index (χ0) is 12.4. The van der Waals surface area contributed by atoms with Crippen LogP contribution in [-0.2, 0) is 6.54 Å². The van der Waals surface area contributed by atoms with Crippen LogP contribution in [0, 0.1) is 13.8 Å². The Morgan fingerprint density at radius 3 is 2.82 bits per heavy atom. The topological polar surface area (TPSA) is 60.7 Å². The molecule has 5 nitrogen and oxygen atoms in total. The van der Waals surface area contributed by atoms with Crippen molar-refractivity contribution in [2.75, 3.05) is 0 Å². The summed E-state index contributed by atoms with van der Waals surface area (Å²) in [5.74, 6) is -0.0557. The molecule has 0 radical (unpaired) electrons. The first kappa shape index (κ1) is 11.4. The van der Waals surface area contributed by atoms with E-state index in [-0.39, 0.29) is 5.78 Å². The Morgan fingerprint density at radius 1 is 1.35 bits per heavy atom. The second-order valence-corrected chi connectivity index (χ2v) is 3.85. The maximum absolute atomic E-state index is 12.3. The van der Waals surface area contributed by atoms with Crippen LogP contribution < -0.4 is 0 Å². The Balaban J connectivity index is 2.47. The summed E-state index contributed by atoms with van der Waals surface area (Å²) in [5, 5.41) is 12.0. The largest absolute Gasteiger partial charge is 0.287 e. The molecule has 0 fully saturated rings. The van der Waals surface area contributed by atoms with Crippen LogP contribution in [0.1, 0.15) is 34.4 Å². The molecule has 0 aromatic carbocycles. The summed E-state index contributed by atoms with van der Waals surface area (Å²) in [6, 6.07) is 3.48. The van der Waals surface area contributed by atoms with Gasteiger partial charge in [-0.25, -0.2) is 0 Å². The molecule has 5 heteroatoms. The van der Waals surface area contributed by atoms with E-state index < -0.39 is 0 Å². The van der Waals surface area contributed by atoms with Gasteiger partial charge in [-0.15, -0.1) is 0 Å². The lowest BCUT2D eigenvalue weighted by molar-refractivity contribution is 0.102. The summed E-state index contributed by atoms with van der Waals surface area (Å²) in [6.07, 6.45) is 1.63. The van der Waals surface area contributed by atoms with Crippen molar-refractivity contribution in [3.63, 3.8) is 0 Å². The molecule has 0 amide bonds. The molecule has 88 valence electrons. The average Bonchev–Trinajstić information content (AvgIpc) is 2.79. The smallest absolute Gasteiger partial charge is 0.212 e. The van der Waals surface area contributed by atoms with Gasteiger partial charge in [-0.3, -0.25) is 9.48 Å². The van der Waals surface area contributed by atoms with E-state index >= 15 is 0 Å². The lowest BCUT2D eigenvalue weighted by Crippen LogP contribution is -2.13. The van der Waals surface area contributed by atoms with Crippen LogP contribution in [0.15, 0.2) is 18.3 Å². The molecule has 0 bridgehead atoms. The molecule has 0 saturated carbocycles. The quantitative estimate of drug-likeness (QED) is 0.750. The fourth-order valence-electron chi connectivity index (χ4n) is 1.70. The summed E-state index contributed by atoms with van der Waals surface area (Å²) >= 11 is 0. The monoisotopic (exact) mass is 230 g/mol. The molecule has 0 saturated heterocycles. The van der Waals surface area contributed by atoms with Crippen LogP contribution in [0.5, 0.6) is 0 Å². The number of aromatic nitrogens is 4. The second-order valence-electron chi connectivity index (χ2n) is 3.85. The average molecular weight is 230 g/mol.